The third kappa shape index (κ3) is 10.5. The van der Waals surface area contributed by atoms with Gasteiger partial charge in [-0.25, -0.2) is 13.6 Å². The second-order valence-electron chi connectivity index (χ2n) is 4.82. The number of primary sulfonamides is 1. The molecule has 0 aromatic rings. The second kappa shape index (κ2) is 8.44. The number of nitrogens with one attached hydrogen (secondary N) is 1. The lowest BCUT2D eigenvalue weighted by Crippen LogP contribution is -2.31. The molecular formula is C11H25N3O3S. The van der Waals surface area contributed by atoms with Crippen LogP contribution >= 0.6 is 0 Å². The largest absolute Gasteiger partial charge is 0.356 e. The van der Waals surface area contributed by atoms with Crippen molar-refractivity contribution in [1.82, 2.24) is 5.32 Å². The standard InChI is InChI=1S/C11H25N3O3S/c1-9(5-3-6-10(2)12)11(15)14-7-4-8-18(13,16)17/h9-10H,3-8,12H2,1-2H3,(H,14,15)(H2,13,16,17). The number of amides is 1. The molecule has 0 aromatic carbocycles. The molecule has 5 N–H and O–H groups in total. The zero-order chi connectivity index (χ0) is 14.2. The van der Waals surface area contributed by atoms with E-state index in [-0.39, 0.29) is 23.6 Å². The van der Waals surface area contributed by atoms with E-state index >= 15 is 0 Å². The molecule has 108 valence electrons. The van der Waals surface area contributed by atoms with E-state index in [4.69, 9.17) is 10.9 Å². The predicted octanol–water partition coefficient (Wildman–Crippen LogP) is -0.0652. The normalized spacial score (nSPS) is 15.1. The van der Waals surface area contributed by atoms with Crippen LogP contribution in [0.15, 0.2) is 0 Å². The van der Waals surface area contributed by atoms with Gasteiger partial charge in [0.15, 0.2) is 0 Å². The quantitative estimate of drug-likeness (QED) is 0.512. The van der Waals surface area contributed by atoms with Crippen LogP contribution in [-0.2, 0) is 14.8 Å². The second-order valence-corrected chi connectivity index (χ2v) is 6.55. The molecule has 2 unspecified atom stereocenters. The van der Waals surface area contributed by atoms with Gasteiger partial charge in [0.25, 0.3) is 0 Å². The average Bonchev–Trinajstić information content (AvgIpc) is 2.22. The van der Waals surface area contributed by atoms with Gasteiger partial charge >= 0.3 is 0 Å². The van der Waals surface area contributed by atoms with Crippen molar-refractivity contribution < 1.29 is 13.2 Å². The summed E-state index contributed by atoms with van der Waals surface area (Å²) in [6.07, 6.45) is 2.96. The van der Waals surface area contributed by atoms with E-state index in [2.05, 4.69) is 5.32 Å². The van der Waals surface area contributed by atoms with Gasteiger partial charge in [0.05, 0.1) is 5.75 Å². The fourth-order valence-electron chi connectivity index (χ4n) is 1.54. The Labute approximate surface area is 110 Å². The highest BCUT2D eigenvalue weighted by Crippen LogP contribution is 2.08. The minimum absolute atomic E-state index is 0.0471. The van der Waals surface area contributed by atoms with Gasteiger partial charge in [-0.15, -0.1) is 0 Å². The first-order chi connectivity index (χ1) is 8.22. The van der Waals surface area contributed by atoms with Crippen LogP contribution in [0.2, 0.25) is 0 Å². The van der Waals surface area contributed by atoms with E-state index in [1.807, 2.05) is 13.8 Å². The Hall–Kier alpha value is -0.660. The molecule has 0 aliphatic heterocycles. The zero-order valence-electron chi connectivity index (χ0n) is 11.2. The van der Waals surface area contributed by atoms with Crippen LogP contribution in [-0.4, -0.2) is 32.7 Å². The van der Waals surface area contributed by atoms with E-state index in [1.54, 1.807) is 0 Å². The molecule has 0 aliphatic carbocycles. The molecule has 1 amide bonds. The Morgan fingerprint density at radius 1 is 1.22 bits per heavy atom. The maximum absolute atomic E-state index is 11.6. The molecule has 0 aliphatic rings. The number of hydrogen-bond donors (Lipinski definition) is 3. The summed E-state index contributed by atoms with van der Waals surface area (Å²) >= 11 is 0. The van der Waals surface area contributed by atoms with E-state index in [0.717, 1.165) is 19.3 Å². The molecule has 0 rings (SSSR count). The third-order valence-corrected chi connectivity index (χ3v) is 3.51. The first-order valence-corrected chi connectivity index (χ1v) is 7.97. The summed E-state index contributed by atoms with van der Waals surface area (Å²) < 4.78 is 21.3. The Kier molecular flexibility index (Phi) is 8.13. The van der Waals surface area contributed by atoms with E-state index < -0.39 is 10.0 Å². The first-order valence-electron chi connectivity index (χ1n) is 6.26. The fourth-order valence-corrected chi connectivity index (χ4v) is 2.08. The van der Waals surface area contributed by atoms with Crippen LogP contribution in [0.1, 0.15) is 39.5 Å². The monoisotopic (exact) mass is 279 g/mol. The van der Waals surface area contributed by atoms with Crippen molar-refractivity contribution in [1.29, 1.82) is 0 Å². The van der Waals surface area contributed by atoms with Crippen LogP contribution in [0.25, 0.3) is 0 Å². The molecule has 0 bridgehead atoms. The van der Waals surface area contributed by atoms with Crippen LogP contribution in [0, 0.1) is 5.92 Å². The average molecular weight is 279 g/mol. The smallest absolute Gasteiger partial charge is 0.222 e. The SMILES string of the molecule is CC(N)CCCC(C)C(=O)NCCCS(N)(=O)=O. The molecular weight excluding hydrogens is 254 g/mol. The lowest BCUT2D eigenvalue weighted by Gasteiger charge is -2.12. The molecule has 6 nitrogen and oxygen atoms in total. The van der Waals surface area contributed by atoms with Crippen molar-refractivity contribution in [2.24, 2.45) is 16.8 Å². The van der Waals surface area contributed by atoms with Gasteiger partial charge in [0, 0.05) is 18.5 Å². The Morgan fingerprint density at radius 2 is 1.83 bits per heavy atom. The van der Waals surface area contributed by atoms with Gasteiger partial charge in [-0.3, -0.25) is 4.79 Å². The van der Waals surface area contributed by atoms with Crippen LogP contribution < -0.4 is 16.2 Å². The maximum atomic E-state index is 11.6. The minimum atomic E-state index is -3.43. The molecule has 0 spiro atoms. The lowest BCUT2D eigenvalue weighted by molar-refractivity contribution is -0.124. The minimum Gasteiger partial charge on any atom is -0.356 e. The van der Waals surface area contributed by atoms with Crippen molar-refractivity contribution in [3.63, 3.8) is 0 Å². The highest BCUT2D eigenvalue weighted by atomic mass is 32.2. The summed E-state index contributed by atoms with van der Waals surface area (Å²) in [5.41, 5.74) is 5.62. The molecule has 0 saturated carbocycles. The summed E-state index contributed by atoms with van der Waals surface area (Å²) in [4.78, 5) is 11.6. The van der Waals surface area contributed by atoms with Gasteiger partial charge in [0.2, 0.25) is 15.9 Å². The zero-order valence-corrected chi connectivity index (χ0v) is 12.0. The predicted molar refractivity (Wildman–Crippen MR) is 72.3 cm³/mol. The molecule has 0 aromatic heterocycles. The summed E-state index contributed by atoms with van der Waals surface area (Å²) in [7, 11) is -3.43. The highest BCUT2D eigenvalue weighted by molar-refractivity contribution is 7.89. The van der Waals surface area contributed by atoms with Crippen molar-refractivity contribution in [2.45, 2.75) is 45.6 Å². The molecule has 0 saturated heterocycles. The van der Waals surface area contributed by atoms with Crippen LogP contribution in [0.3, 0.4) is 0 Å². The van der Waals surface area contributed by atoms with Gasteiger partial charge < -0.3 is 11.1 Å². The summed E-state index contributed by atoms with van der Waals surface area (Å²) in [6, 6.07) is 0.162. The van der Waals surface area contributed by atoms with Gasteiger partial charge in [-0.1, -0.05) is 13.3 Å². The number of sulfonamides is 1. The van der Waals surface area contributed by atoms with Crippen LogP contribution in [0.5, 0.6) is 0 Å². The molecule has 0 heterocycles. The molecule has 7 heteroatoms. The number of hydrogen-bond acceptors (Lipinski definition) is 4. The highest BCUT2D eigenvalue weighted by Gasteiger charge is 2.12. The number of carbonyl (C=O) groups is 1. The van der Waals surface area contributed by atoms with Gasteiger partial charge in [0.1, 0.15) is 0 Å². The Balaban J connectivity index is 3.68. The van der Waals surface area contributed by atoms with Gasteiger partial charge in [-0.05, 0) is 26.2 Å². The molecule has 18 heavy (non-hydrogen) atoms. The van der Waals surface area contributed by atoms with E-state index in [1.165, 1.54) is 0 Å². The number of carbonyl (C=O) groups excluding carboxylic acids is 1. The van der Waals surface area contributed by atoms with E-state index in [0.29, 0.717) is 13.0 Å². The summed E-state index contributed by atoms with van der Waals surface area (Å²) in [6.45, 7) is 4.14. The van der Waals surface area contributed by atoms with Crippen molar-refractivity contribution in [3.05, 3.63) is 0 Å². The van der Waals surface area contributed by atoms with E-state index in [9.17, 15) is 13.2 Å². The summed E-state index contributed by atoms with van der Waals surface area (Å²) in [5, 5.41) is 7.56. The lowest BCUT2D eigenvalue weighted by atomic mass is 10.0. The van der Waals surface area contributed by atoms with Crippen molar-refractivity contribution >= 4 is 15.9 Å². The first kappa shape index (κ1) is 17.3. The third-order valence-electron chi connectivity index (χ3n) is 2.65. The van der Waals surface area contributed by atoms with Crippen molar-refractivity contribution in [2.75, 3.05) is 12.3 Å². The van der Waals surface area contributed by atoms with Gasteiger partial charge in [-0.2, -0.15) is 0 Å². The molecule has 0 fully saturated rings. The van der Waals surface area contributed by atoms with Crippen LogP contribution in [0.4, 0.5) is 0 Å². The fraction of sp³-hybridized carbons (Fsp3) is 0.909. The summed E-state index contributed by atoms with van der Waals surface area (Å²) in [5.74, 6) is -0.223. The molecule has 0 radical (unpaired) electrons. The number of rotatable bonds is 9. The maximum Gasteiger partial charge on any atom is 0.222 e. The number of nitrogens with two attached hydrogens (primary N) is 2. The Bertz CT molecular complexity index is 341. The van der Waals surface area contributed by atoms with Crippen molar-refractivity contribution in [3.8, 4) is 0 Å². The molecule has 2 atom stereocenters. The topological polar surface area (TPSA) is 115 Å². The Morgan fingerprint density at radius 3 is 2.33 bits per heavy atom.